The summed E-state index contributed by atoms with van der Waals surface area (Å²) in [6.45, 7) is 1.50. The third kappa shape index (κ3) is 2.18. The molecule has 2 nitrogen and oxygen atoms in total. The molecule has 0 bridgehead atoms. The zero-order chi connectivity index (χ0) is 10.8. The third-order valence-electron chi connectivity index (χ3n) is 2.15. The third-order valence-corrected chi connectivity index (χ3v) is 2.80. The largest absolute Gasteiger partial charge is 0.325 e. The first-order valence-electron chi connectivity index (χ1n) is 4.63. The van der Waals surface area contributed by atoms with Gasteiger partial charge in [0.05, 0.1) is 5.69 Å². The maximum Gasteiger partial charge on any atom is 0.221 e. The summed E-state index contributed by atoms with van der Waals surface area (Å²) in [5.74, 6) is -0.0639. The highest BCUT2D eigenvalue weighted by Gasteiger charge is 2.03. The molecule has 0 heterocycles. The van der Waals surface area contributed by atoms with E-state index in [2.05, 4.69) is 21.2 Å². The predicted molar refractivity (Wildman–Crippen MR) is 66.0 cm³/mol. The Morgan fingerprint density at radius 3 is 2.40 bits per heavy atom. The zero-order valence-electron chi connectivity index (χ0n) is 8.25. The monoisotopic (exact) mass is 263 g/mol. The number of carbonyl (C=O) groups excluding carboxylic acids is 1. The maximum absolute atomic E-state index is 11.0. The van der Waals surface area contributed by atoms with Gasteiger partial charge in [0.15, 0.2) is 0 Å². The average Bonchev–Trinajstić information content (AvgIpc) is 2.18. The van der Waals surface area contributed by atoms with Gasteiger partial charge in [-0.1, -0.05) is 24.3 Å². The van der Waals surface area contributed by atoms with Crippen LogP contribution >= 0.6 is 15.9 Å². The van der Waals surface area contributed by atoms with Crippen molar-refractivity contribution >= 4 is 38.3 Å². The van der Waals surface area contributed by atoms with Crippen molar-refractivity contribution < 1.29 is 4.79 Å². The summed E-state index contributed by atoms with van der Waals surface area (Å²) in [6.07, 6.45) is 0. The second kappa shape index (κ2) is 4.03. The minimum absolute atomic E-state index is 0.0639. The number of hydrogen-bond acceptors (Lipinski definition) is 1. The molecule has 3 heteroatoms. The molecule has 0 aliphatic carbocycles. The Hall–Kier alpha value is -1.35. The Bertz CT molecular complexity index is 522. The normalized spacial score (nSPS) is 10.3. The summed E-state index contributed by atoms with van der Waals surface area (Å²) < 4.78 is 0.899. The summed E-state index contributed by atoms with van der Waals surface area (Å²) in [6, 6.07) is 12.0. The Morgan fingerprint density at radius 1 is 1.20 bits per heavy atom. The molecule has 0 unspecified atom stereocenters. The lowest BCUT2D eigenvalue weighted by Crippen LogP contribution is -2.06. The summed E-state index contributed by atoms with van der Waals surface area (Å²) in [5, 5.41) is 5.05. The number of amides is 1. The van der Waals surface area contributed by atoms with Gasteiger partial charge in [-0.25, -0.2) is 0 Å². The Kier molecular flexibility index (Phi) is 2.73. The number of nitrogens with one attached hydrogen (secondary N) is 1. The van der Waals surface area contributed by atoms with E-state index in [1.54, 1.807) is 0 Å². The molecule has 0 spiro atoms. The molecule has 15 heavy (non-hydrogen) atoms. The van der Waals surface area contributed by atoms with E-state index in [1.165, 1.54) is 6.92 Å². The quantitative estimate of drug-likeness (QED) is 0.838. The van der Waals surface area contributed by atoms with E-state index in [9.17, 15) is 4.79 Å². The van der Waals surface area contributed by atoms with Crippen molar-refractivity contribution in [3.8, 4) is 0 Å². The van der Waals surface area contributed by atoms with Crippen molar-refractivity contribution in [1.29, 1.82) is 0 Å². The van der Waals surface area contributed by atoms with E-state index in [4.69, 9.17) is 0 Å². The fourth-order valence-corrected chi connectivity index (χ4v) is 1.96. The van der Waals surface area contributed by atoms with Crippen molar-refractivity contribution in [3.05, 3.63) is 40.9 Å². The highest BCUT2D eigenvalue weighted by Crippen LogP contribution is 2.28. The number of rotatable bonds is 1. The number of hydrogen-bond donors (Lipinski definition) is 1. The van der Waals surface area contributed by atoms with Crippen LogP contribution in [0.2, 0.25) is 0 Å². The molecular formula is C12H10BrNO. The average molecular weight is 264 g/mol. The van der Waals surface area contributed by atoms with E-state index in [0.29, 0.717) is 0 Å². The Labute approximate surface area is 96.4 Å². The minimum Gasteiger partial charge on any atom is -0.325 e. The molecule has 0 aliphatic rings. The van der Waals surface area contributed by atoms with Crippen LogP contribution in [0.5, 0.6) is 0 Å². The van der Waals surface area contributed by atoms with E-state index in [0.717, 1.165) is 20.9 Å². The minimum atomic E-state index is -0.0639. The van der Waals surface area contributed by atoms with Gasteiger partial charge in [-0.3, -0.25) is 4.79 Å². The molecule has 0 saturated carbocycles. The van der Waals surface area contributed by atoms with E-state index in [1.807, 2.05) is 36.4 Å². The Morgan fingerprint density at radius 2 is 1.80 bits per heavy atom. The zero-order valence-corrected chi connectivity index (χ0v) is 9.84. The maximum atomic E-state index is 11.0. The lowest BCUT2D eigenvalue weighted by atomic mass is 10.1. The highest BCUT2D eigenvalue weighted by atomic mass is 79.9. The SMILES string of the molecule is CC(=O)Nc1cc2ccccc2cc1Br. The van der Waals surface area contributed by atoms with Gasteiger partial charge in [0.1, 0.15) is 0 Å². The van der Waals surface area contributed by atoms with Gasteiger partial charge in [-0.2, -0.15) is 0 Å². The molecule has 0 aliphatic heterocycles. The van der Waals surface area contributed by atoms with Crippen LogP contribution in [0.4, 0.5) is 5.69 Å². The summed E-state index contributed by atoms with van der Waals surface area (Å²) in [4.78, 5) is 11.0. The molecule has 2 aromatic carbocycles. The van der Waals surface area contributed by atoms with Crippen LogP contribution < -0.4 is 5.32 Å². The lowest BCUT2D eigenvalue weighted by Gasteiger charge is -2.07. The van der Waals surface area contributed by atoms with Gasteiger partial charge >= 0.3 is 0 Å². The molecular weight excluding hydrogens is 254 g/mol. The molecule has 0 fully saturated rings. The van der Waals surface area contributed by atoms with Crippen LogP contribution in [-0.2, 0) is 4.79 Å². The second-order valence-corrected chi connectivity index (χ2v) is 4.21. The van der Waals surface area contributed by atoms with Gasteiger partial charge in [0.2, 0.25) is 5.91 Å². The molecule has 1 N–H and O–H groups in total. The van der Waals surface area contributed by atoms with Gasteiger partial charge in [0.25, 0.3) is 0 Å². The molecule has 2 aromatic rings. The molecule has 76 valence electrons. The van der Waals surface area contributed by atoms with Crippen LogP contribution in [0.15, 0.2) is 40.9 Å². The van der Waals surface area contributed by atoms with Crippen molar-refractivity contribution in [2.45, 2.75) is 6.92 Å². The number of carbonyl (C=O) groups is 1. The van der Waals surface area contributed by atoms with Crippen molar-refractivity contribution in [3.63, 3.8) is 0 Å². The summed E-state index contributed by atoms with van der Waals surface area (Å²) in [5.41, 5.74) is 0.807. The number of benzene rings is 2. The molecule has 1 amide bonds. The topological polar surface area (TPSA) is 29.1 Å². The van der Waals surface area contributed by atoms with Crippen LogP contribution in [0.3, 0.4) is 0 Å². The van der Waals surface area contributed by atoms with Gasteiger partial charge in [0, 0.05) is 11.4 Å². The molecule has 0 atom stereocenters. The fraction of sp³-hybridized carbons (Fsp3) is 0.0833. The molecule has 0 saturated heterocycles. The number of fused-ring (bicyclic) bond motifs is 1. The van der Waals surface area contributed by atoms with Gasteiger partial charge < -0.3 is 5.32 Å². The highest BCUT2D eigenvalue weighted by molar-refractivity contribution is 9.10. The predicted octanol–water partition coefficient (Wildman–Crippen LogP) is 3.56. The summed E-state index contributed by atoms with van der Waals surface area (Å²) >= 11 is 3.43. The van der Waals surface area contributed by atoms with Crippen LogP contribution in [0.25, 0.3) is 10.8 Å². The van der Waals surface area contributed by atoms with Crippen LogP contribution in [0.1, 0.15) is 6.92 Å². The van der Waals surface area contributed by atoms with Gasteiger partial charge in [-0.15, -0.1) is 0 Å². The van der Waals surface area contributed by atoms with Gasteiger partial charge in [-0.05, 0) is 38.8 Å². The van der Waals surface area contributed by atoms with E-state index < -0.39 is 0 Å². The first-order chi connectivity index (χ1) is 7.16. The molecule has 0 aromatic heterocycles. The molecule has 2 rings (SSSR count). The summed E-state index contributed by atoms with van der Waals surface area (Å²) in [7, 11) is 0. The standard InChI is InChI=1S/C12H10BrNO/c1-8(15)14-12-7-10-5-3-2-4-9(10)6-11(12)13/h2-7H,1H3,(H,14,15). The van der Waals surface area contributed by atoms with Crippen LogP contribution in [-0.4, -0.2) is 5.91 Å². The number of halogens is 1. The van der Waals surface area contributed by atoms with E-state index >= 15 is 0 Å². The Balaban J connectivity index is 2.56. The van der Waals surface area contributed by atoms with Crippen molar-refractivity contribution in [2.24, 2.45) is 0 Å². The smallest absolute Gasteiger partial charge is 0.221 e. The molecule has 0 radical (unpaired) electrons. The van der Waals surface area contributed by atoms with Crippen molar-refractivity contribution in [2.75, 3.05) is 5.32 Å². The van der Waals surface area contributed by atoms with E-state index in [-0.39, 0.29) is 5.91 Å². The first kappa shape index (κ1) is 10.2. The van der Waals surface area contributed by atoms with Crippen molar-refractivity contribution in [1.82, 2.24) is 0 Å². The number of anilines is 1. The first-order valence-corrected chi connectivity index (χ1v) is 5.42. The fourth-order valence-electron chi connectivity index (χ4n) is 1.50. The lowest BCUT2D eigenvalue weighted by molar-refractivity contribution is -0.114. The van der Waals surface area contributed by atoms with Crippen LogP contribution in [0, 0.1) is 0 Å². The second-order valence-electron chi connectivity index (χ2n) is 3.36.